The van der Waals surface area contributed by atoms with Gasteiger partial charge in [0.1, 0.15) is 0 Å². The molecule has 2 amide bonds. The minimum absolute atomic E-state index is 0.329. The molecule has 1 unspecified atom stereocenters. The summed E-state index contributed by atoms with van der Waals surface area (Å²) >= 11 is 0. The maximum absolute atomic E-state index is 11.1. The molecule has 0 saturated heterocycles. The minimum atomic E-state index is -0.612. The topological polar surface area (TPSA) is 84.2 Å². The van der Waals surface area contributed by atoms with Gasteiger partial charge >= 0.3 is 11.8 Å². The SMILES string of the molecule is CCC(C)CNC(=O)C(=O)NCCN. The van der Waals surface area contributed by atoms with Crippen LogP contribution in [0, 0.1) is 5.92 Å². The highest BCUT2D eigenvalue weighted by molar-refractivity contribution is 6.35. The van der Waals surface area contributed by atoms with Crippen molar-refractivity contribution in [3.8, 4) is 0 Å². The van der Waals surface area contributed by atoms with Crippen molar-refractivity contribution in [3.05, 3.63) is 0 Å². The first-order chi connectivity index (χ1) is 6.61. The zero-order chi connectivity index (χ0) is 11.0. The normalized spacial score (nSPS) is 11.9. The predicted octanol–water partition coefficient (Wildman–Crippen LogP) is -0.776. The third-order valence-electron chi connectivity index (χ3n) is 1.94. The lowest BCUT2D eigenvalue weighted by Gasteiger charge is -2.09. The van der Waals surface area contributed by atoms with Crippen LogP contribution in [0.4, 0.5) is 0 Å². The maximum atomic E-state index is 11.1. The minimum Gasteiger partial charge on any atom is -0.348 e. The van der Waals surface area contributed by atoms with E-state index in [0.29, 0.717) is 25.6 Å². The molecule has 0 aliphatic carbocycles. The lowest BCUT2D eigenvalue weighted by atomic mass is 10.1. The van der Waals surface area contributed by atoms with Gasteiger partial charge in [-0.3, -0.25) is 9.59 Å². The van der Waals surface area contributed by atoms with Crippen LogP contribution in [0.15, 0.2) is 0 Å². The fourth-order valence-electron chi connectivity index (χ4n) is 0.758. The van der Waals surface area contributed by atoms with Crippen molar-refractivity contribution < 1.29 is 9.59 Å². The highest BCUT2D eigenvalue weighted by Crippen LogP contribution is 1.96. The Bertz CT molecular complexity index is 194. The molecule has 5 nitrogen and oxygen atoms in total. The standard InChI is InChI=1S/C9H19N3O2/c1-3-7(2)6-12-9(14)8(13)11-5-4-10/h7H,3-6,10H2,1-2H3,(H,11,13)(H,12,14). The van der Waals surface area contributed by atoms with Gasteiger partial charge < -0.3 is 16.4 Å². The van der Waals surface area contributed by atoms with Crippen molar-refractivity contribution in [3.63, 3.8) is 0 Å². The number of hydrogen-bond acceptors (Lipinski definition) is 3. The fraction of sp³-hybridized carbons (Fsp3) is 0.778. The summed E-state index contributed by atoms with van der Waals surface area (Å²) in [5.41, 5.74) is 5.17. The highest BCUT2D eigenvalue weighted by Gasteiger charge is 2.12. The average Bonchev–Trinajstić information content (AvgIpc) is 2.21. The summed E-state index contributed by atoms with van der Waals surface area (Å²) < 4.78 is 0. The molecular weight excluding hydrogens is 182 g/mol. The molecule has 0 saturated carbocycles. The maximum Gasteiger partial charge on any atom is 0.309 e. The van der Waals surface area contributed by atoms with Crippen molar-refractivity contribution in [2.75, 3.05) is 19.6 Å². The molecule has 0 fully saturated rings. The summed E-state index contributed by atoms with van der Waals surface area (Å²) in [4.78, 5) is 22.1. The summed E-state index contributed by atoms with van der Waals surface area (Å²) in [6, 6.07) is 0. The van der Waals surface area contributed by atoms with Gasteiger partial charge in [0, 0.05) is 19.6 Å². The number of carbonyl (C=O) groups is 2. The first-order valence-corrected chi connectivity index (χ1v) is 4.87. The second-order valence-electron chi connectivity index (χ2n) is 3.27. The molecule has 0 aromatic carbocycles. The van der Waals surface area contributed by atoms with Crippen LogP contribution in [0.5, 0.6) is 0 Å². The van der Waals surface area contributed by atoms with Gasteiger partial charge in [-0.2, -0.15) is 0 Å². The zero-order valence-electron chi connectivity index (χ0n) is 8.80. The monoisotopic (exact) mass is 201 g/mol. The quantitative estimate of drug-likeness (QED) is 0.510. The van der Waals surface area contributed by atoms with E-state index in [4.69, 9.17) is 5.73 Å². The molecule has 0 aliphatic heterocycles. The van der Waals surface area contributed by atoms with Gasteiger partial charge in [-0.1, -0.05) is 20.3 Å². The van der Waals surface area contributed by atoms with Gasteiger partial charge in [-0.25, -0.2) is 0 Å². The summed E-state index contributed by atoms with van der Waals surface area (Å²) in [6.07, 6.45) is 0.977. The van der Waals surface area contributed by atoms with Crippen LogP contribution in [-0.4, -0.2) is 31.4 Å². The Morgan fingerprint density at radius 1 is 1.29 bits per heavy atom. The van der Waals surface area contributed by atoms with Crippen LogP contribution in [0.2, 0.25) is 0 Å². The molecule has 1 atom stereocenters. The molecule has 0 spiro atoms. The van der Waals surface area contributed by atoms with Gasteiger partial charge in [0.25, 0.3) is 0 Å². The van der Waals surface area contributed by atoms with E-state index in [2.05, 4.69) is 10.6 Å². The van der Waals surface area contributed by atoms with Gasteiger partial charge in [0.05, 0.1) is 0 Å². The van der Waals surface area contributed by atoms with Crippen molar-refractivity contribution in [1.29, 1.82) is 0 Å². The smallest absolute Gasteiger partial charge is 0.309 e. The Morgan fingerprint density at radius 2 is 1.86 bits per heavy atom. The van der Waals surface area contributed by atoms with E-state index in [-0.39, 0.29) is 0 Å². The summed E-state index contributed by atoms with van der Waals surface area (Å²) in [5.74, 6) is -0.807. The molecule has 4 N–H and O–H groups in total. The largest absolute Gasteiger partial charge is 0.348 e. The third-order valence-corrected chi connectivity index (χ3v) is 1.94. The second kappa shape index (κ2) is 7.32. The predicted molar refractivity (Wildman–Crippen MR) is 54.5 cm³/mol. The van der Waals surface area contributed by atoms with Crippen LogP contribution in [0.3, 0.4) is 0 Å². The lowest BCUT2D eigenvalue weighted by Crippen LogP contribution is -2.42. The van der Waals surface area contributed by atoms with E-state index in [9.17, 15) is 9.59 Å². The average molecular weight is 201 g/mol. The van der Waals surface area contributed by atoms with E-state index in [1.165, 1.54) is 0 Å². The third kappa shape index (κ3) is 5.53. The van der Waals surface area contributed by atoms with Crippen LogP contribution < -0.4 is 16.4 Å². The van der Waals surface area contributed by atoms with Crippen molar-refractivity contribution in [2.45, 2.75) is 20.3 Å². The van der Waals surface area contributed by atoms with Gasteiger partial charge in [-0.15, -0.1) is 0 Å². The summed E-state index contributed by atoms with van der Waals surface area (Å²) in [6.45, 7) is 5.24. The molecule has 5 heteroatoms. The second-order valence-corrected chi connectivity index (χ2v) is 3.27. The van der Waals surface area contributed by atoms with Crippen LogP contribution in [0.1, 0.15) is 20.3 Å². The summed E-state index contributed by atoms with van der Waals surface area (Å²) in [5, 5.41) is 4.95. The van der Waals surface area contributed by atoms with Crippen molar-refractivity contribution >= 4 is 11.8 Å². The van der Waals surface area contributed by atoms with Gasteiger partial charge in [0.2, 0.25) is 0 Å². The molecule has 0 aromatic heterocycles. The van der Waals surface area contributed by atoms with Gasteiger partial charge in [0.15, 0.2) is 0 Å². The molecule has 0 heterocycles. The zero-order valence-corrected chi connectivity index (χ0v) is 8.80. The number of nitrogens with two attached hydrogens (primary N) is 1. The fourth-order valence-corrected chi connectivity index (χ4v) is 0.758. The van der Waals surface area contributed by atoms with E-state index in [0.717, 1.165) is 6.42 Å². The highest BCUT2D eigenvalue weighted by atomic mass is 16.2. The summed E-state index contributed by atoms with van der Waals surface area (Å²) in [7, 11) is 0. The molecule has 0 rings (SSSR count). The van der Waals surface area contributed by atoms with E-state index in [1.807, 2.05) is 13.8 Å². The molecule has 14 heavy (non-hydrogen) atoms. The van der Waals surface area contributed by atoms with Crippen molar-refractivity contribution in [2.24, 2.45) is 11.7 Å². The first-order valence-electron chi connectivity index (χ1n) is 4.87. The number of carbonyl (C=O) groups excluding carboxylic acids is 2. The molecule has 0 radical (unpaired) electrons. The van der Waals surface area contributed by atoms with Gasteiger partial charge in [-0.05, 0) is 5.92 Å². The number of rotatable bonds is 5. The number of hydrogen-bond donors (Lipinski definition) is 3. The molecule has 82 valence electrons. The van der Waals surface area contributed by atoms with Crippen molar-refractivity contribution in [1.82, 2.24) is 10.6 Å². The molecule has 0 bridgehead atoms. The van der Waals surface area contributed by atoms with Crippen LogP contribution >= 0.6 is 0 Å². The van der Waals surface area contributed by atoms with Crippen LogP contribution in [-0.2, 0) is 9.59 Å². The Balaban J connectivity index is 3.67. The van der Waals surface area contributed by atoms with Crippen LogP contribution in [0.25, 0.3) is 0 Å². The number of amides is 2. The lowest BCUT2D eigenvalue weighted by molar-refractivity contribution is -0.139. The first kappa shape index (κ1) is 12.9. The molecule has 0 aliphatic rings. The Labute approximate surface area is 84.4 Å². The van der Waals surface area contributed by atoms with E-state index in [1.54, 1.807) is 0 Å². The van der Waals surface area contributed by atoms with E-state index < -0.39 is 11.8 Å². The Kier molecular flexibility index (Phi) is 6.74. The Hall–Kier alpha value is -1.10. The Morgan fingerprint density at radius 3 is 2.36 bits per heavy atom. The van der Waals surface area contributed by atoms with E-state index >= 15 is 0 Å². The number of nitrogens with one attached hydrogen (secondary N) is 2. The molecular formula is C9H19N3O2. The molecule has 0 aromatic rings.